The monoisotopic (exact) mass is 321 g/mol. The molecule has 1 N–H and O–H groups in total. The lowest BCUT2D eigenvalue weighted by Crippen LogP contribution is -2.33. The van der Waals surface area contributed by atoms with Crippen molar-refractivity contribution in [1.82, 2.24) is 4.98 Å². The Labute approximate surface area is 133 Å². The van der Waals surface area contributed by atoms with Crippen LogP contribution < -0.4 is 4.74 Å². The fraction of sp³-hybridized carbons (Fsp3) is 0.353. The van der Waals surface area contributed by atoms with Crippen molar-refractivity contribution in [1.29, 1.82) is 0 Å². The van der Waals surface area contributed by atoms with Gasteiger partial charge in [0.25, 0.3) is 0 Å². The minimum absolute atomic E-state index is 0.250. The molecule has 116 valence electrons. The largest absolute Gasteiger partial charge is 0.471 e. The molecule has 0 radical (unpaired) electrons. The van der Waals surface area contributed by atoms with Gasteiger partial charge in [-0.1, -0.05) is 23.7 Å². The highest BCUT2D eigenvalue weighted by Gasteiger charge is 2.28. The summed E-state index contributed by atoms with van der Waals surface area (Å²) in [4.78, 5) is 4.19. The summed E-state index contributed by atoms with van der Waals surface area (Å²) in [6.07, 6.45) is 0.425. The third kappa shape index (κ3) is 2.81. The van der Waals surface area contributed by atoms with Crippen LogP contribution >= 0.6 is 11.6 Å². The zero-order chi connectivity index (χ0) is 15.9. The normalized spacial score (nSPS) is 18.5. The van der Waals surface area contributed by atoms with Crippen molar-refractivity contribution in [2.45, 2.75) is 38.9 Å². The van der Waals surface area contributed by atoms with Crippen LogP contribution in [-0.4, -0.2) is 22.3 Å². The van der Waals surface area contributed by atoms with Gasteiger partial charge in [0.2, 0.25) is 5.88 Å². The summed E-state index contributed by atoms with van der Waals surface area (Å²) in [5.41, 5.74) is 2.89. The van der Waals surface area contributed by atoms with Gasteiger partial charge in [-0.25, -0.2) is 9.37 Å². The summed E-state index contributed by atoms with van der Waals surface area (Å²) >= 11 is 6.07. The average molecular weight is 322 g/mol. The molecule has 1 aliphatic heterocycles. The summed E-state index contributed by atoms with van der Waals surface area (Å²) in [5.74, 6) is 0.0988. The molecule has 0 aliphatic carbocycles. The highest BCUT2D eigenvalue weighted by molar-refractivity contribution is 6.29. The lowest BCUT2D eigenvalue weighted by Gasteiger charge is -2.28. The van der Waals surface area contributed by atoms with Crippen molar-refractivity contribution < 1.29 is 14.2 Å². The average Bonchev–Trinajstić information content (AvgIpc) is 2.45. The summed E-state index contributed by atoms with van der Waals surface area (Å²) < 4.78 is 20.0. The number of hydrogen-bond acceptors (Lipinski definition) is 3. The summed E-state index contributed by atoms with van der Waals surface area (Å²) in [6, 6.07) is 6.78. The van der Waals surface area contributed by atoms with Crippen LogP contribution in [0.4, 0.5) is 4.39 Å². The maximum Gasteiger partial charge on any atom is 0.218 e. The van der Waals surface area contributed by atoms with Crippen LogP contribution in [0.2, 0.25) is 5.15 Å². The molecule has 5 heteroatoms. The molecule has 0 spiro atoms. The predicted octanol–water partition coefficient (Wildman–Crippen LogP) is 3.92. The van der Waals surface area contributed by atoms with Crippen molar-refractivity contribution in [2.75, 3.05) is 0 Å². The second-order valence-corrected chi connectivity index (χ2v) is 6.08. The van der Waals surface area contributed by atoms with Gasteiger partial charge in [-0.3, -0.25) is 0 Å². The van der Waals surface area contributed by atoms with E-state index >= 15 is 0 Å². The molecule has 2 aromatic rings. The summed E-state index contributed by atoms with van der Waals surface area (Å²) in [5, 5.41) is 9.94. The summed E-state index contributed by atoms with van der Waals surface area (Å²) in [6.45, 7) is 3.53. The first kappa shape index (κ1) is 15.3. The molecule has 0 saturated carbocycles. The lowest BCUT2D eigenvalue weighted by molar-refractivity contribution is 0.0325. The number of nitrogens with zero attached hydrogens (tertiary/aromatic N) is 1. The number of halogens is 2. The van der Waals surface area contributed by atoms with Gasteiger partial charge in [0, 0.05) is 11.1 Å². The van der Waals surface area contributed by atoms with Crippen LogP contribution in [-0.2, 0) is 6.42 Å². The Morgan fingerprint density at radius 1 is 1.36 bits per heavy atom. The van der Waals surface area contributed by atoms with Crippen molar-refractivity contribution >= 4 is 11.6 Å². The van der Waals surface area contributed by atoms with E-state index in [1.165, 1.54) is 6.07 Å². The van der Waals surface area contributed by atoms with Gasteiger partial charge >= 0.3 is 0 Å². The molecular weight excluding hydrogens is 305 g/mol. The third-order valence-corrected chi connectivity index (χ3v) is 4.14. The minimum atomic E-state index is -0.589. The predicted molar refractivity (Wildman–Crippen MR) is 83.8 cm³/mol. The first-order valence-corrected chi connectivity index (χ1v) is 7.64. The van der Waals surface area contributed by atoms with Crippen LogP contribution in [0.5, 0.6) is 5.88 Å². The molecule has 0 fully saturated rings. The van der Waals surface area contributed by atoms with Gasteiger partial charge in [-0.15, -0.1) is 0 Å². The van der Waals surface area contributed by atoms with Crippen LogP contribution in [0.15, 0.2) is 24.3 Å². The molecule has 2 atom stereocenters. The van der Waals surface area contributed by atoms with Gasteiger partial charge in [-0.2, -0.15) is 0 Å². The number of ether oxygens (including phenoxy) is 1. The maximum atomic E-state index is 14.3. The van der Waals surface area contributed by atoms with Gasteiger partial charge < -0.3 is 9.84 Å². The van der Waals surface area contributed by atoms with E-state index in [9.17, 15) is 9.50 Å². The van der Waals surface area contributed by atoms with Crippen LogP contribution in [0, 0.1) is 12.7 Å². The molecule has 0 saturated heterocycles. The van der Waals surface area contributed by atoms with Gasteiger partial charge in [0.15, 0.2) is 0 Å². The Morgan fingerprint density at radius 2 is 2.14 bits per heavy atom. The highest BCUT2D eigenvalue weighted by atomic mass is 35.5. The zero-order valence-corrected chi connectivity index (χ0v) is 13.2. The van der Waals surface area contributed by atoms with Crippen molar-refractivity contribution in [3.05, 3.63) is 46.4 Å². The highest BCUT2D eigenvalue weighted by Crippen LogP contribution is 2.38. The topological polar surface area (TPSA) is 42.4 Å². The van der Waals surface area contributed by atoms with E-state index in [1.54, 1.807) is 19.1 Å². The quantitative estimate of drug-likeness (QED) is 0.852. The zero-order valence-electron chi connectivity index (χ0n) is 12.4. The second kappa shape index (κ2) is 5.86. The Morgan fingerprint density at radius 3 is 2.82 bits per heavy atom. The van der Waals surface area contributed by atoms with Crippen molar-refractivity contribution in [2.24, 2.45) is 0 Å². The molecule has 2 unspecified atom stereocenters. The van der Waals surface area contributed by atoms with E-state index in [2.05, 4.69) is 4.98 Å². The number of hydrogen-bond donors (Lipinski definition) is 1. The number of aliphatic hydroxyl groups excluding tert-OH is 1. The van der Waals surface area contributed by atoms with E-state index in [0.29, 0.717) is 29.8 Å². The second-order valence-electron chi connectivity index (χ2n) is 5.70. The fourth-order valence-corrected chi connectivity index (χ4v) is 2.95. The van der Waals surface area contributed by atoms with E-state index in [-0.39, 0.29) is 17.1 Å². The standard InChI is InChI=1S/C17H17ClFNO2/c1-9-3-4-11(14(19)7-9)13-8-16(18)20-17-12(13)5-6-15(22-17)10(2)21/h3-4,7-8,10,15,21H,5-6H2,1-2H3. The molecule has 1 aromatic heterocycles. The molecule has 3 nitrogen and oxygen atoms in total. The van der Waals surface area contributed by atoms with E-state index in [0.717, 1.165) is 11.1 Å². The molecule has 1 aromatic carbocycles. The fourth-order valence-electron chi connectivity index (χ4n) is 2.76. The SMILES string of the molecule is Cc1ccc(-c2cc(Cl)nc3c2CCC(C(C)O)O3)c(F)c1. The minimum Gasteiger partial charge on any atom is -0.471 e. The van der Waals surface area contributed by atoms with Gasteiger partial charge in [0.05, 0.1) is 6.10 Å². The van der Waals surface area contributed by atoms with E-state index < -0.39 is 6.10 Å². The lowest BCUT2D eigenvalue weighted by atomic mass is 9.93. The molecule has 0 amide bonds. The third-order valence-electron chi connectivity index (χ3n) is 3.95. The van der Waals surface area contributed by atoms with E-state index in [1.807, 2.05) is 13.0 Å². The number of aliphatic hydroxyl groups is 1. The Balaban J connectivity index is 2.10. The first-order valence-electron chi connectivity index (χ1n) is 7.26. The molecule has 1 aliphatic rings. The maximum absolute atomic E-state index is 14.3. The number of aromatic nitrogens is 1. The number of pyridine rings is 1. The molecule has 3 rings (SSSR count). The first-order chi connectivity index (χ1) is 10.5. The van der Waals surface area contributed by atoms with Crippen LogP contribution in [0.3, 0.4) is 0 Å². The van der Waals surface area contributed by atoms with Crippen molar-refractivity contribution in [3.63, 3.8) is 0 Å². The van der Waals surface area contributed by atoms with Gasteiger partial charge in [-0.05, 0) is 49.9 Å². The molecule has 0 bridgehead atoms. The Bertz CT molecular complexity index is 718. The number of benzene rings is 1. The number of aryl methyl sites for hydroxylation is 1. The van der Waals surface area contributed by atoms with Crippen molar-refractivity contribution in [3.8, 4) is 17.0 Å². The number of rotatable bonds is 2. The molecule has 22 heavy (non-hydrogen) atoms. The molecule has 2 heterocycles. The Kier molecular flexibility index (Phi) is 4.06. The van der Waals surface area contributed by atoms with Crippen LogP contribution in [0.25, 0.3) is 11.1 Å². The Hall–Kier alpha value is -1.65. The number of fused-ring (bicyclic) bond motifs is 1. The summed E-state index contributed by atoms with van der Waals surface area (Å²) in [7, 11) is 0. The molecular formula is C17H17ClFNO2. The van der Waals surface area contributed by atoms with E-state index in [4.69, 9.17) is 16.3 Å². The van der Waals surface area contributed by atoms with Crippen LogP contribution in [0.1, 0.15) is 24.5 Å². The smallest absolute Gasteiger partial charge is 0.218 e. The van der Waals surface area contributed by atoms with Gasteiger partial charge in [0.1, 0.15) is 17.1 Å².